The summed E-state index contributed by atoms with van der Waals surface area (Å²) in [5, 5.41) is 11.7. The molecule has 1 atom stereocenters. The van der Waals surface area contributed by atoms with Crippen LogP contribution in [0.4, 0.5) is 0 Å². The molecular formula is C15H29N3O. The number of amides is 1. The minimum absolute atomic E-state index is 0.0228. The zero-order valence-electron chi connectivity index (χ0n) is 13.0. The first-order valence-corrected chi connectivity index (χ1v) is 7.00. The van der Waals surface area contributed by atoms with Crippen LogP contribution in [0, 0.1) is 28.1 Å². The second kappa shape index (κ2) is 7.49. The van der Waals surface area contributed by atoms with E-state index >= 15 is 0 Å². The lowest BCUT2D eigenvalue weighted by molar-refractivity contribution is -0.121. The minimum Gasteiger partial charge on any atom is -0.355 e. The van der Waals surface area contributed by atoms with Crippen LogP contribution in [0.3, 0.4) is 0 Å². The van der Waals surface area contributed by atoms with Crippen molar-refractivity contribution in [3.8, 4) is 6.07 Å². The van der Waals surface area contributed by atoms with Crippen molar-refractivity contribution >= 4 is 5.91 Å². The summed E-state index contributed by atoms with van der Waals surface area (Å²) in [4.78, 5) is 11.8. The number of nitrogens with one attached hydrogen (secondary N) is 1. The number of carbonyl (C=O) groups is 1. The minimum atomic E-state index is -0.504. The smallest absolute Gasteiger partial charge is 0.220 e. The van der Waals surface area contributed by atoms with Crippen molar-refractivity contribution in [2.24, 2.45) is 22.5 Å². The molecule has 3 N–H and O–H groups in total. The maximum atomic E-state index is 11.8. The summed E-state index contributed by atoms with van der Waals surface area (Å²) in [6, 6.07) is 2.17. The molecule has 0 rings (SSSR count). The number of carbonyl (C=O) groups excluding carboxylic acids is 1. The van der Waals surface area contributed by atoms with Gasteiger partial charge >= 0.3 is 0 Å². The first kappa shape index (κ1) is 17.9. The monoisotopic (exact) mass is 267 g/mol. The molecule has 0 radical (unpaired) electrons. The lowest BCUT2D eigenvalue weighted by Gasteiger charge is -2.30. The number of rotatable bonds is 7. The van der Waals surface area contributed by atoms with Gasteiger partial charge in [0.25, 0.3) is 0 Å². The SMILES string of the molecule is CC(C)(C#N)CNC(=O)CCC(CCN)C(C)(C)C. The van der Waals surface area contributed by atoms with Crippen molar-refractivity contribution in [3.63, 3.8) is 0 Å². The van der Waals surface area contributed by atoms with Crippen LogP contribution >= 0.6 is 0 Å². The molecule has 0 aliphatic carbocycles. The average molecular weight is 267 g/mol. The van der Waals surface area contributed by atoms with Gasteiger partial charge in [-0.25, -0.2) is 0 Å². The van der Waals surface area contributed by atoms with Crippen LogP contribution < -0.4 is 11.1 Å². The number of nitriles is 1. The van der Waals surface area contributed by atoms with Gasteiger partial charge in [-0.15, -0.1) is 0 Å². The van der Waals surface area contributed by atoms with Crippen LogP contribution in [0.15, 0.2) is 0 Å². The van der Waals surface area contributed by atoms with Gasteiger partial charge in [0.05, 0.1) is 11.5 Å². The fourth-order valence-corrected chi connectivity index (χ4v) is 1.96. The van der Waals surface area contributed by atoms with E-state index in [-0.39, 0.29) is 11.3 Å². The van der Waals surface area contributed by atoms with Gasteiger partial charge in [-0.3, -0.25) is 4.79 Å². The van der Waals surface area contributed by atoms with Gasteiger partial charge in [0.1, 0.15) is 0 Å². The summed E-state index contributed by atoms with van der Waals surface area (Å²) in [5.74, 6) is 0.474. The number of hydrogen-bond acceptors (Lipinski definition) is 3. The van der Waals surface area contributed by atoms with Gasteiger partial charge in [0.2, 0.25) is 5.91 Å². The molecule has 0 spiro atoms. The second-order valence-electron chi connectivity index (χ2n) is 6.95. The van der Waals surface area contributed by atoms with Gasteiger partial charge in [0.15, 0.2) is 0 Å². The molecule has 0 aliphatic heterocycles. The second-order valence-corrected chi connectivity index (χ2v) is 6.95. The van der Waals surface area contributed by atoms with E-state index in [0.717, 1.165) is 12.8 Å². The van der Waals surface area contributed by atoms with Crippen LogP contribution in [0.1, 0.15) is 53.9 Å². The molecule has 0 aliphatic rings. The zero-order valence-corrected chi connectivity index (χ0v) is 13.0. The third-order valence-corrected chi connectivity index (χ3v) is 3.49. The Labute approximate surface area is 117 Å². The average Bonchev–Trinajstić information content (AvgIpc) is 2.30. The molecular weight excluding hydrogens is 238 g/mol. The van der Waals surface area contributed by atoms with E-state index in [2.05, 4.69) is 32.2 Å². The van der Waals surface area contributed by atoms with Crippen molar-refractivity contribution in [1.82, 2.24) is 5.32 Å². The normalized spacial score (nSPS) is 13.7. The lowest BCUT2D eigenvalue weighted by atomic mass is 9.76. The van der Waals surface area contributed by atoms with Crippen molar-refractivity contribution in [2.45, 2.75) is 53.9 Å². The first-order valence-electron chi connectivity index (χ1n) is 7.00. The molecule has 0 fully saturated rings. The van der Waals surface area contributed by atoms with Gasteiger partial charge < -0.3 is 11.1 Å². The Morgan fingerprint density at radius 2 is 1.84 bits per heavy atom. The Hall–Kier alpha value is -1.08. The van der Waals surface area contributed by atoms with Crippen molar-refractivity contribution in [2.75, 3.05) is 13.1 Å². The Bertz CT molecular complexity index is 323. The Morgan fingerprint density at radius 1 is 1.26 bits per heavy atom. The summed E-state index contributed by atoms with van der Waals surface area (Å²) in [5.41, 5.74) is 5.30. The van der Waals surface area contributed by atoms with E-state index in [9.17, 15) is 4.79 Å². The van der Waals surface area contributed by atoms with Crippen molar-refractivity contribution in [3.05, 3.63) is 0 Å². The fraction of sp³-hybridized carbons (Fsp3) is 0.867. The summed E-state index contributed by atoms with van der Waals surface area (Å²) >= 11 is 0. The highest BCUT2D eigenvalue weighted by molar-refractivity contribution is 5.75. The highest BCUT2D eigenvalue weighted by Gasteiger charge is 2.24. The predicted molar refractivity (Wildman–Crippen MR) is 78.3 cm³/mol. The molecule has 0 aromatic carbocycles. The lowest BCUT2D eigenvalue weighted by Crippen LogP contribution is -2.34. The molecule has 19 heavy (non-hydrogen) atoms. The molecule has 4 heteroatoms. The van der Waals surface area contributed by atoms with E-state index in [1.807, 2.05) is 13.8 Å². The molecule has 0 aromatic heterocycles. The van der Waals surface area contributed by atoms with E-state index in [0.29, 0.717) is 25.4 Å². The van der Waals surface area contributed by atoms with E-state index in [1.165, 1.54) is 0 Å². The van der Waals surface area contributed by atoms with Gasteiger partial charge in [0, 0.05) is 13.0 Å². The van der Waals surface area contributed by atoms with Gasteiger partial charge in [-0.1, -0.05) is 20.8 Å². The van der Waals surface area contributed by atoms with E-state index in [4.69, 9.17) is 11.0 Å². The number of nitrogens with two attached hydrogens (primary N) is 1. The molecule has 0 heterocycles. The van der Waals surface area contributed by atoms with E-state index in [1.54, 1.807) is 0 Å². The van der Waals surface area contributed by atoms with Crippen molar-refractivity contribution in [1.29, 1.82) is 5.26 Å². The standard InChI is InChI=1S/C15H29N3O/c1-14(2,3)12(8-9-16)6-7-13(19)18-11-15(4,5)10-17/h12H,6-9,11,16H2,1-5H3,(H,18,19). The third kappa shape index (κ3) is 7.84. The molecule has 0 saturated carbocycles. The molecule has 110 valence electrons. The summed E-state index contributed by atoms with van der Waals surface area (Å²) < 4.78 is 0. The largest absolute Gasteiger partial charge is 0.355 e. The Morgan fingerprint density at radius 3 is 2.26 bits per heavy atom. The van der Waals surface area contributed by atoms with Crippen LogP contribution in [0.2, 0.25) is 0 Å². The molecule has 4 nitrogen and oxygen atoms in total. The van der Waals surface area contributed by atoms with Crippen LogP contribution in [0.25, 0.3) is 0 Å². The predicted octanol–water partition coefficient (Wildman–Crippen LogP) is 2.44. The highest BCUT2D eigenvalue weighted by Crippen LogP contribution is 2.32. The summed E-state index contributed by atoms with van der Waals surface area (Å²) in [6.45, 7) is 11.3. The molecule has 0 aromatic rings. The van der Waals surface area contributed by atoms with Crippen molar-refractivity contribution < 1.29 is 4.79 Å². The quantitative estimate of drug-likeness (QED) is 0.743. The molecule has 0 bridgehead atoms. The molecule has 1 amide bonds. The molecule has 1 unspecified atom stereocenters. The third-order valence-electron chi connectivity index (χ3n) is 3.49. The summed E-state index contributed by atoms with van der Waals surface area (Å²) in [6.07, 6.45) is 2.30. The zero-order chi connectivity index (χ0) is 15.1. The summed E-state index contributed by atoms with van der Waals surface area (Å²) in [7, 11) is 0. The number of hydrogen-bond donors (Lipinski definition) is 2. The highest BCUT2D eigenvalue weighted by atomic mass is 16.1. The van der Waals surface area contributed by atoms with Gasteiger partial charge in [-0.2, -0.15) is 5.26 Å². The van der Waals surface area contributed by atoms with Gasteiger partial charge in [-0.05, 0) is 44.6 Å². The maximum absolute atomic E-state index is 11.8. The number of nitrogens with zero attached hydrogens (tertiary/aromatic N) is 1. The maximum Gasteiger partial charge on any atom is 0.220 e. The van der Waals surface area contributed by atoms with Crippen LogP contribution in [-0.2, 0) is 4.79 Å². The Balaban J connectivity index is 4.17. The topological polar surface area (TPSA) is 78.9 Å². The van der Waals surface area contributed by atoms with Crippen LogP contribution in [0.5, 0.6) is 0 Å². The first-order chi connectivity index (χ1) is 8.62. The van der Waals surface area contributed by atoms with Crippen LogP contribution in [-0.4, -0.2) is 19.0 Å². The molecule has 0 saturated heterocycles. The van der Waals surface area contributed by atoms with E-state index < -0.39 is 5.41 Å². The fourth-order valence-electron chi connectivity index (χ4n) is 1.96. The Kier molecular flexibility index (Phi) is 7.07.